The standard InChI is InChI=1S/C20H34N6O2.HI/c1-4-21-20(22-9-8-19(27)26-10-6-5-7-16(26)2)25-11-12-28-18(15-25)17-13-23-24(3)14-17;/h13-14,16,18H,4-12,15H2,1-3H3,(H,21,22);1H. The predicted molar refractivity (Wildman–Crippen MR) is 125 cm³/mol. The molecule has 0 radical (unpaired) electrons. The van der Waals surface area contributed by atoms with Crippen molar-refractivity contribution < 1.29 is 9.53 Å². The lowest BCUT2D eigenvalue weighted by Crippen LogP contribution is -2.48. The molecule has 2 atom stereocenters. The Kier molecular flexibility index (Phi) is 9.67. The van der Waals surface area contributed by atoms with E-state index in [0.29, 0.717) is 25.6 Å². The second-order valence-electron chi connectivity index (χ2n) is 7.67. The first-order valence-corrected chi connectivity index (χ1v) is 10.5. The van der Waals surface area contributed by atoms with Crippen molar-refractivity contribution in [3.05, 3.63) is 18.0 Å². The molecule has 29 heavy (non-hydrogen) atoms. The fourth-order valence-electron chi connectivity index (χ4n) is 3.95. The van der Waals surface area contributed by atoms with Crippen molar-refractivity contribution in [1.82, 2.24) is 24.9 Å². The molecule has 2 unspecified atom stereocenters. The molecule has 0 saturated carbocycles. The summed E-state index contributed by atoms with van der Waals surface area (Å²) < 4.78 is 7.73. The van der Waals surface area contributed by atoms with Gasteiger partial charge in [0.1, 0.15) is 6.10 Å². The van der Waals surface area contributed by atoms with Gasteiger partial charge in [-0.05, 0) is 33.1 Å². The van der Waals surface area contributed by atoms with E-state index < -0.39 is 0 Å². The van der Waals surface area contributed by atoms with Crippen LogP contribution in [-0.4, -0.2) is 76.8 Å². The number of aliphatic imine (C=N–C) groups is 1. The molecule has 1 aromatic heterocycles. The third-order valence-corrected chi connectivity index (χ3v) is 5.51. The molecule has 3 rings (SSSR count). The molecule has 3 heterocycles. The van der Waals surface area contributed by atoms with Gasteiger partial charge in [-0.25, -0.2) is 0 Å². The Morgan fingerprint density at radius 3 is 2.90 bits per heavy atom. The number of carbonyl (C=O) groups is 1. The molecule has 2 saturated heterocycles. The molecule has 0 aromatic carbocycles. The van der Waals surface area contributed by atoms with Gasteiger partial charge in [0, 0.05) is 50.9 Å². The molecular formula is C20H35IN6O2. The number of amides is 1. The normalized spacial score (nSPS) is 22.9. The van der Waals surface area contributed by atoms with Gasteiger partial charge in [-0.15, -0.1) is 24.0 Å². The average molecular weight is 518 g/mol. The lowest BCUT2D eigenvalue weighted by molar-refractivity contribution is -0.134. The molecule has 0 bridgehead atoms. The number of hydrogen-bond acceptors (Lipinski definition) is 4. The molecule has 2 aliphatic rings. The lowest BCUT2D eigenvalue weighted by Gasteiger charge is -2.35. The van der Waals surface area contributed by atoms with Gasteiger partial charge >= 0.3 is 0 Å². The molecule has 1 amide bonds. The monoisotopic (exact) mass is 518 g/mol. The fourth-order valence-corrected chi connectivity index (χ4v) is 3.95. The van der Waals surface area contributed by atoms with Crippen LogP contribution in [-0.2, 0) is 16.6 Å². The highest BCUT2D eigenvalue weighted by molar-refractivity contribution is 14.0. The fraction of sp³-hybridized carbons (Fsp3) is 0.750. The van der Waals surface area contributed by atoms with E-state index in [2.05, 4.69) is 29.2 Å². The van der Waals surface area contributed by atoms with E-state index >= 15 is 0 Å². The van der Waals surface area contributed by atoms with Crippen molar-refractivity contribution in [2.45, 2.75) is 51.7 Å². The van der Waals surface area contributed by atoms with Crippen molar-refractivity contribution in [2.24, 2.45) is 12.0 Å². The molecule has 1 N–H and O–H groups in total. The Morgan fingerprint density at radius 2 is 2.21 bits per heavy atom. The summed E-state index contributed by atoms with van der Waals surface area (Å²) in [6.45, 7) is 8.58. The summed E-state index contributed by atoms with van der Waals surface area (Å²) in [4.78, 5) is 21.5. The Balaban J connectivity index is 0.00000300. The molecule has 0 aliphatic carbocycles. The molecule has 2 aliphatic heterocycles. The molecule has 0 spiro atoms. The van der Waals surface area contributed by atoms with E-state index in [1.54, 1.807) is 4.68 Å². The summed E-state index contributed by atoms with van der Waals surface area (Å²) in [5, 5.41) is 7.61. The number of aromatic nitrogens is 2. The van der Waals surface area contributed by atoms with Gasteiger partial charge in [-0.3, -0.25) is 14.5 Å². The smallest absolute Gasteiger partial charge is 0.224 e. The van der Waals surface area contributed by atoms with Crippen LogP contribution in [0.2, 0.25) is 0 Å². The van der Waals surface area contributed by atoms with E-state index in [-0.39, 0.29) is 36.0 Å². The van der Waals surface area contributed by atoms with E-state index in [0.717, 1.165) is 50.5 Å². The number of morpholine rings is 1. The molecule has 8 nitrogen and oxygen atoms in total. The van der Waals surface area contributed by atoms with Crippen LogP contribution in [0.5, 0.6) is 0 Å². The number of guanidine groups is 1. The second-order valence-corrected chi connectivity index (χ2v) is 7.67. The average Bonchev–Trinajstić information content (AvgIpc) is 3.14. The minimum atomic E-state index is -0.0119. The number of likely N-dealkylation sites (tertiary alicyclic amines) is 1. The number of rotatable bonds is 5. The minimum absolute atomic E-state index is 0. The summed E-state index contributed by atoms with van der Waals surface area (Å²) in [5.41, 5.74) is 1.08. The molecule has 1 aromatic rings. The maximum Gasteiger partial charge on any atom is 0.224 e. The van der Waals surface area contributed by atoms with Crippen LogP contribution in [0.1, 0.15) is 51.2 Å². The van der Waals surface area contributed by atoms with E-state index in [9.17, 15) is 4.79 Å². The Hall–Kier alpha value is -1.36. The van der Waals surface area contributed by atoms with Crippen LogP contribution in [0.3, 0.4) is 0 Å². The van der Waals surface area contributed by atoms with Crippen LogP contribution >= 0.6 is 24.0 Å². The Bertz CT molecular complexity index is 680. The highest BCUT2D eigenvalue weighted by atomic mass is 127. The van der Waals surface area contributed by atoms with Gasteiger partial charge in [-0.2, -0.15) is 5.10 Å². The minimum Gasteiger partial charge on any atom is -0.370 e. The second kappa shape index (κ2) is 11.7. The third-order valence-electron chi connectivity index (χ3n) is 5.51. The summed E-state index contributed by atoms with van der Waals surface area (Å²) in [6.07, 6.45) is 7.76. The predicted octanol–water partition coefficient (Wildman–Crippen LogP) is 2.17. The number of halogens is 1. The van der Waals surface area contributed by atoms with Crippen LogP contribution in [0, 0.1) is 0 Å². The van der Waals surface area contributed by atoms with E-state index in [1.165, 1.54) is 6.42 Å². The highest BCUT2D eigenvalue weighted by Gasteiger charge is 2.26. The zero-order chi connectivity index (χ0) is 19.9. The first-order chi connectivity index (χ1) is 13.6. The largest absolute Gasteiger partial charge is 0.370 e. The lowest BCUT2D eigenvalue weighted by atomic mass is 10.0. The zero-order valence-corrected chi connectivity index (χ0v) is 20.2. The van der Waals surface area contributed by atoms with Gasteiger partial charge in [-0.1, -0.05) is 0 Å². The number of piperidine rings is 1. The van der Waals surface area contributed by atoms with Gasteiger partial charge in [0.15, 0.2) is 5.96 Å². The third kappa shape index (κ3) is 6.56. The highest BCUT2D eigenvalue weighted by Crippen LogP contribution is 2.22. The quantitative estimate of drug-likeness (QED) is 0.368. The topological polar surface area (TPSA) is 75.0 Å². The summed E-state index contributed by atoms with van der Waals surface area (Å²) in [6, 6.07) is 0.359. The van der Waals surface area contributed by atoms with E-state index in [4.69, 9.17) is 9.73 Å². The molecule has 164 valence electrons. The maximum absolute atomic E-state index is 12.6. The first kappa shape index (κ1) is 23.9. The number of carbonyl (C=O) groups excluding carboxylic acids is 1. The summed E-state index contributed by atoms with van der Waals surface area (Å²) in [5.74, 6) is 1.08. The van der Waals surface area contributed by atoms with E-state index in [1.807, 2.05) is 24.3 Å². The maximum atomic E-state index is 12.6. The van der Waals surface area contributed by atoms with Crippen LogP contribution in [0.25, 0.3) is 0 Å². The summed E-state index contributed by atoms with van der Waals surface area (Å²) in [7, 11) is 1.91. The van der Waals surface area contributed by atoms with Crippen LogP contribution in [0.4, 0.5) is 0 Å². The van der Waals surface area contributed by atoms with Crippen LogP contribution in [0.15, 0.2) is 17.4 Å². The molecule has 2 fully saturated rings. The zero-order valence-electron chi connectivity index (χ0n) is 17.8. The van der Waals surface area contributed by atoms with Crippen molar-refractivity contribution in [3.8, 4) is 0 Å². The SMILES string of the molecule is CCNC(=NCCC(=O)N1CCCCC1C)N1CCOC(c2cnn(C)c2)C1.I. The number of ether oxygens (including phenoxy) is 1. The van der Waals surface area contributed by atoms with Gasteiger partial charge in [0.25, 0.3) is 0 Å². The van der Waals surface area contributed by atoms with Crippen molar-refractivity contribution in [3.63, 3.8) is 0 Å². The molecule has 9 heteroatoms. The summed E-state index contributed by atoms with van der Waals surface area (Å²) >= 11 is 0. The Morgan fingerprint density at radius 1 is 1.38 bits per heavy atom. The van der Waals surface area contributed by atoms with Crippen LogP contribution < -0.4 is 5.32 Å². The number of nitrogens with zero attached hydrogens (tertiary/aromatic N) is 5. The van der Waals surface area contributed by atoms with Crippen molar-refractivity contribution in [1.29, 1.82) is 0 Å². The number of nitrogens with one attached hydrogen (secondary N) is 1. The number of aryl methyl sites for hydroxylation is 1. The van der Waals surface area contributed by atoms with Gasteiger partial charge < -0.3 is 19.9 Å². The van der Waals surface area contributed by atoms with Gasteiger partial charge in [0.05, 0.1) is 25.9 Å². The van der Waals surface area contributed by atoms with Gasteiger partial charge in [0.2, 0.25) is 5.91 Å². The van der Waals surface area contributed by atoms with Crippen molar-refractivity contribution >= 4 is 35.8 Å². The molecular weight excluding hydrogens is 483 g/mol. The Labute approximate surface area is 191 Å². The van der Waals surface area contributed by atoms with Crippen molar-refractivity contribution in [2.75, 3.05) is 39.3 Å². The first-order valence-electron chi connectivity index (χ1n) is 10.5. The number of hydrogen-bond donors (Lipinski definition) is 1.